The number of halogens is 3. The van der Waals surface area contributed by atoms with Gasteiger partial charge in [-0.2, -0.15) is 13.2 Å². The number of ether oxygens (including phenoxy) is 1. The third kappa shape index (κ3) is 4.96. The number of carboxylic acids is 1. The first kappa shape index (κ1) is 24.6. The van der Waals surface area contributed by atoms with Gasteiger partial charge in [-0.3, -0.25) is 4.79 Å². The monoisotopic (exact) mass is 490 g/mol. The zero-order chi connectivity index (χ0) is 25.3. The van der Waals surface area contributed by atoms with Gasteiger partial charge in [-0.15, -0.1) is 0 Å². The third-order valence-electron chi connectivity index (χ3n) is 6.68. The van der Waals surface area contributed by atoms with Crippen LogP contribution in [0, 0.1) is 5.92 Å². The fraction of sp³-hybridized carbons (Fsp3) is 0.400. The number of hydrogen-bond acceptors (Lipinski definition) is 4. The first-order valence-corrected chi connectivity index (χ1v) is 11.3. The summed E-state index contributed by atoms with van der Waals surface area (Å²) in [5.41, 5.74) is 3.77. The highest BCUT2D eigenvalue weighted by molar-refractivity contribution is 5.85. The number of amides is 2. The van der Waals surface area contributed by atoms with Gasteiger partial charge in [0.05, 0.1) is 6.42 Å². The smallest absolute Gasteiger partial charge is 0.409 e. The van der Waals surface area contributed by atoms with Crippen molar-refractivity contribution in [1.82, 2.24) is 10.2 Å². The maximum Gasteiger partial charge on any atom is 0.409 e. The number of hydrogen-bond donors (Lipinski definition) is 2. The Morgan fingerprint density at radius 2 is 1.66 bits per heavy atom. The average molecular weight is 490 g/mol. The minimum atomic E-state index is -4.93. The Bertz CT molecular complexity index is 1090. The molecule has 2 aliphatic rings. The summed E-state index contributed by atoms with van der Waals surface area (Å²) < 4.78 is 46.1. The Balaban J connectivity index is 1.42. The number of aliphatic carboxylic acids is 1. The largest absolute Gasteiger partial charge is 0.480 e. The van der Waals surface area contributed by atoms with E-state index in [1.165, 1.54) is 0 Å². The van der Waals surface area contributed by atoms with Gasteiger partial charge in [-0.1, -0.05) is 55.5 Å². The van der Waals surface area contributed by atoms with Gasteiger partial charge in [0, 0.05) is 12.5 Å². The lowest BCUT2D eigenvalue weighted by molar-refractivity contribution is -0.165. The van der Waals surface area contributed by atoms with Crippen molar-refractivity contribution >= 4 is 18.0 Å². The number of carbonyl (C=O) groups excluding carboxylic acids is 2. The van der Waals surface area contributed by atoms with Crippen LogP contribution in [0.3, 0.4) is 0 Å². The minimum absolute atomic E-state index is 0.0481. The van der Waals surface area contributed by atoms with Crippen LogP contribution in [0.15, 0.2) is 48.5 Å². The molecule has 186 valence electrons. The zero-order valence-corrected chi connectivity index (χ0v) is 18.9. The predicted molar refractivity (Wildman–Crippen MR) is 120 cm³/mol. The van der Waals surface area contributed by atoms with Crippen molar-refractivity contribution in [2.24, 2.45) is 5.92 Å². The summed E-state index contributed by atoms with van der Waals surface area (Å²) in [6.07, 6.45) is -6.96. The Morgan fingerprint density at radius 1 is 1.09 bits per heavy atom. The normalized spacial score (nSPS) is 20.2. The van der Waals surface area contributed by atoms with Crippen molar-refractivity contribution in [2.45, 2.75) is 43.9 Å². The van der Waals surface area contributed by atoms with E-state index in [-0.39, 0.29) is 25.0 Å². The van der Waals surface area contributed by atoms with Crippen molar-refractivity contribution in [3.05, 3.63) is 59.7 Å². The van der Waals surface area contributed by atoms with Crippen LogP contribution >= 0.6 is 0 Å². The summed E-state index contributed by atoms with van der Waals surface area (Å²) in [4.78, 5) is 37.3. The standard InChI is InChI=1S/C25H25F3N2O5/c1-14-10-11-30(22(14)23(32)33)21(31)12-20(25(26,27)28)29-24(34)35-13-19-17-8-4-2-6-15(17)16-7-3-5-9-18(16)19/h2-9,14,19-20,22H,10-13H2,1H3,(H,29,34)(H,32,33). The van der Waals surface area contributed by atoms with E-state index in [2.05, 4.69) is 0 Å². The maximum atomic E-state index is 13.6. The van der Waals surface area contributed by atoms with Gasteiger partial charge >= 0.3 is 18.2 Å². The second-order valence-corrected chi connectivity index (χ2v) is 8.90. The van der Waals surface area contributed by atoms with Gasteiger partial charge < -0.3 is 20.1 Å². The number of alkyl carbamates (subject to hydrolysis) is 1. The van der Waals surface area contributed by atoms with Crippen molar-refractivity contribution in [3.63, 3.8) is 0 Å². The highest BCUT2D eigenvalue weighted by Crippen LogP contribution is 2.44. The van der Waals surface area contributed by atoms with Crippen LogP contribution in [0.2, 0.25) is 0 Å². The molecule has 1 saturated heterocycles. The Labute approximate surface area is 199 Å². The second kappa shape index (κ2) is 9.59. The summed E-state index contributed by atoms with van der Waals surface area (Å²) in [7, 11) is 0. The summed E-state index contributed by atoms with van der Waals surface area (Å²) in [6.45, 7) is 1.50. The maximum absolute atomic E-state index is 13.6. The van der Waals surface area contributed by atoms with E-state index in [4.69, 9.17) is 4.74 Å². The Hall–Kier alpha value is -3.56. The summed E-state index contributed by atoms with van der Waals surface area (Å²) in [5, 5.41) is 11.1. The molecule has 0 saturated carbocycles. The fourth-order valence-electron chi connectivity index (χ4n) is 4.93. The van der Waals surface area contributed by atoms with Gasteiger partial charge in [0.15, 0.2) is 0 Å². The number of fused-ring (bicyclic) bond motifs is 3. The molecule has 3 atom stereocenters. The number of nitrogens with one attached hydrogen (secondary N) is 1. The van der Waals surface area contributed by atoms with Crippen molar-refractivity contribution in [3.8, 4) is 11.1 Å². The first-order valence-electron chi connectivity index (χ1n) is 11.3. The lowest BCUT2D eigenvalue weighted by Gasteiger charge is -2.27. The van der Waals surface area contributed by atoms with E-state index >= 15 is 0 Å². The number of alkyl halides is 3. The molecule has 0 aromatic heterocycles. The van der Waals surface area contributed by atoms with Crippen molar-refractivity contribution < 1.29 is 37.4 Å². The highest BCUT2D eigenvalue weighted by Gasteiger charge is 2.46. The van der Waals surface area contributed by atoms with E-state index in [1.54, 1.807) is 12.2 Å². The molecule has 1 fully saturated rings. The van der Waals surface area contributed by atoms with Crippen molar-refractivity contribution in [2.75, 3.05) is 13.2 Å². The number of likely N-dealkylation sites (tertiary alicyclic amines) is 1. The average Bonchev–Trinajstić information content (AvgIpc) is 3.35. The fourth-order valence-corrected chi connectivity index (χ4v) is 4.93. The van der Waals surface area contributed by atoms with Crippen LogP contribution in [0.5, 0.6) is 0 Å². The summed E-state index contributed by atoms with van der Waals surface area (Å²) in [5.74, 6) is -2.96. The molecule has 2 amide bonds. The van der Waals surface area contributed by atoms with Crippen LogP contribution in [-0.4, -0.2) is 59.4 Å². The number of benzene rings is 2. The molecular weight excluding hydrogens is 465 g/mol. The molecule has 1 aliphatic heterocycles. The third-order valence-corrected chi connectivity index (χ3v) is 6.68. The summed E-state index contributed by atoms with van der Waals surface area (Å²) in [6, 6.07) is 11.4. The van der Waals surface area contributed by atoms with Crippen LogP contribution in [0.1, 0.15) is 36.8 Å². The molecule has 2 aromatic rings. The van der Waals surface area contributed by atoms with E-state index in [0.717, 1.165) is 27.2 Å². The number of carboxylic acid groups (broad SMARTS) is 1. The predicted octanol–water partition coefficient (Wildman–Crippen LogP) is 4.17. The van der Waals surface area contributed by atoms with Gasteiger partial charge in [0.1, 0.15) is 18.7 Å². The number of rotatable bonds is 6. The SMILES string of the molecule is CC1CCN(C(=O)CC(NC(=O)OCC2c3ccccc3-c3ccccc32)C(F)(F)F)C1C(=O)O. The van der Waals surface area contributed by atoms with Crippen LogP contribution in [-0.2, 0) is 14.3 Å². The van der Waals surface area contributed by atoms with Gasteiger partial charge in [-0.25, -0.2) is 9.59 Å². The molecule has 1 aliphatic carbocycles. The lowest BCUT2D eigenvalue weighted by Crippen LogP contribution is -2.50. The topological polar surface area (TPSA) is 95.9 Å². The van der Waals surface area contributed by atoms with Crippen LogP contribution in [0.4, 0.5) is 18.0 Å². The molecule has 2 aromatic carbocycles. The van der Waals surface area contributed by atoms with Gasteiger partial charge in [-0.05, 0) is 34.6 Å². The van der Waals surface area contributed by atoms with Crippen LogP contribution < -0.4 is 5.32 Å². The number of nitrogens with zero attached hydrogens (tertiary/aromatic N) is 1. The zero-order valence-electron chi connectivity index (χ0n) is 18.9. The van der Waals surface area contributed by atoms with E-state index in [1.807, 2.05) is 48.5 Å². The molecule has 0 radical (unpaired) electrons. The molecule has 3 unspecified atom stereocenters. The molecule has 0 spiro atoms. The van der Waals surface area contributed by atoms with E-state index in [9.17, 15) is 32.7 Å². The minimum Gasteiger partial charge on any atom is -0.480 e. The Morgan fingerprint density at radius 3 is 2.20 bits per heavy atom. The first-order chi connectivity index (χ1) is 16.6. The molecule has 2 N–H and O–H groups in total. The molecule has 1 heterocycles. The molecule has 10 heteroatoms. The molecular formula is C25H25F3N2O5. The van der Waals surface area contributed by atoms with Crippen molar-refractivity contribution in [1.29, 1.82) is 0 Å². The van der Waals surface area contributed by atoms with Gasteiger partial charge in [0.25, 0.3) is 0 Å². The summed E-state index contributed by atoms with van der Waals surface area (Å²) >= 11 is 0. The number of carbonyl (C=O) groups is 3. The Kier molecular flexibility index (Phi) is 6.73. The lowest BCUT2D eigenvalue weighted by atomic mass is 9.98. The highest BCUT2D eigenvalue weighted by atomic mass is 19.4. The molecule has 7 nitrogen and oxygen atoms in total. The molecule has 35 heavy (non-hydrogen) atoms. The quantitative estimate of drug-likeness (QED) is 0.634. The van der Waals surface area contributed by atoms with Gasteiger partial charge in [0.2, 0.25) is 5.91 Å². The van der Waals surface area contributed by atoms with E-state index < -0.39 is 42.7 Å². The second-order valence-electron chi connectivity index (χ2n) is 8.90. The molecule has 0 bridgehead atoms. The molecule has 4 rings (SSSR count). The van der Waals surface area contributed by atoms with E-state index in [0.29, 0.717) is 6.42 Å². The van der Waals surface area contributed by atoms with Crippen LogP contribution in [0.25, 0.3) is 11.1 Å².